The number of carbonyl (C=O) groups excluding carboxylic acids is 1. The molecule has 0 radical (unpaired) electrons. The van der Waals surface area contributed by atoms with E-state index >= 15 is 0 Å². The monoisotopic (exact) mass is 414 g/mol. The number of para-hydroxylation sites is 1. The Bertz CT molecular complexity index is 1020. The maximum absolute atomic E-state index is 13.2. The number of hydrogen-bond acceptors (Lipinski definition) is 5. The Morgan fingerprint density at radius 3 is 2.70 bits per heavy atom. The SMILES string of the molecule is CCOc1cc(C2Nc3ccccc3C(=O)N2Cc2ccco2)ccc1OC(F)F. The smallest absolute Gasteiger partial charge is 0.387 e. The van der Waals surface area contributed by atoms with E-state index in [9.17, 15) is 13.6 Å². The zero-order valence-electron chi connectivity index (χ0n) is 16.2. The van der Waals surface area contributed by atoms with Gasteiger partial charge in [-0.25, -0.2) is 0 Å². The minimum Gasteiger partial charge on any atom is -0.490 e. The number of halogens is 2. The summed E-state index contributed by atoms with van der Waals surface area (Å²) in [5.74, 6) is 0.575. The van der Waals surface area contributed by atoms with E-state index in [-0.39, 0.29) is 30.6 Å². The molecule has 1 aromatic heterocycles. The van der Waals surface area contributed by atoms with Crippen molar-refractivity contribution in [2.75, 3.05) is 11.9 Å². The molecule has 0 bridgehead atoms. The third-order valence-electron chi connectivity index (χ3n) is 4.73. The van der Waals surface area contributed by atoms with Crippen LogP contribution in [0.15, 0.2) is 65.3 Å². The summed E-state index contributed by atoms with van der Waals surface area (Å²) in [5, 5.41) is 3.35. The maximum atomic E-state index is 13.2. The summed E-state index contributed by atoms with van der Waals surface area (Å²) in [6, 6.07) is 15.4. The lowest BCUT2D eigenvalue weighted by Gasteiger charge is -2.38. The fourth-order valence-corrected chi connectivity index (χ4v) is 3.45. The molecule has 0 spiro atoms. The largest absolute Gasteiger partial charge is 0.490 e. The number of nitrogens with one attached hydrogen (secondary N) is 1. The first kappa shape index (κ1) is 19.8. The Balaban J connectivity index is 1.74. The summed E-state index contributed by atoms with van der Waals surface area (Å²) in [6.07, 6.45) is 0.987. The number of anilines is 1. The van der Waals surface area contributed by atoms with Gasteiger partial charge in [0.15, 0.2) is 11.5 Å². The number of furan rings is 1. The number of benzene rings is 2. The van der Waals surface area contributed by atoms with E-state index < -0.39 is 12.8 Å². The normalized spacial score (nSPS) is 15.7. The van der Waals surface area contributed by atoms with Crippen LogP contribution in [0.2, 0.25) is 0 Å². The molecule has 0 fully saturated rings. The van der Waals surface area contributed by atoms with Crippen molar-refractivity contribution in [2.24, 2.45) is 0 Å². The predicted molar refractivity (Wildman–Crippen MR) is 106 cm³/mol. The van der Waals surface area contributed by atoms with Crippen LogP contribution in [-0.4, -0.2) is 24.0 Å². The second-order valence-electron chi connectivity index (χ2n) is 6.62. The van der Waals surface area contributed by atoms with E-state index in [4.69, 9.17) is 9.15 Å². The van der Waals surface area contributed by atoms with Gasteiger partial charge in [0.05, 0.1) is 25.0 Å². The first-order valence-corrected chi connectivity index (χ1v) is 9.47. The van der Waals surface area contributed by atoms with Crippen molar-refractivity contribution in [3.63, 3.8) is 0 Å². The standard InChI is InChI=1S/C22H20F2N2O4/c1-2-28-19-12-14(9-10-18(19)30-22(23)24)20-25-17-8-4-3-7-16(17)21(27)26(20)13-15-6-5-11-29-15/h3-12,20,22,25H,2,13H2,1H3. The molecule has 0 saturated carbocycles. The predicted octanol–water partition coefficient (Wildman–Crippen LogP) is 5.05. The molecule has 6 nitrogen and oxygen atoms in total. The highest BCUT2D eigenvalue weighted by Crippen LogP contribution is 2.38. The second-order valence-corrected chi connectivity index (χ2v) is 6.62. The van der Waals surface area contributed by atoms with Crippen molar-refractivity contribution in [1.29, 1.82) is 0 Å². The molecule has 1 N–H and O–H groups in total. The molecule has 2 heterocycles. The number of ether oxygens (including phenoxy) is 2. The molecule has 3 aromatic rings. The van der Waals surface area contributed by atoms with E-state index in [2.05, 4.69) is 10.1 Å². The Morgan fingerprint density at radius 2 is 1.97 bits per heavy atom. The molecule has 1 aliphatic rings. The van der Waals surface area contributed by atoms with E-state index in [1.807, 2.05) is 12.1 Å². The van der Waals surface area contributed by atoms with Gasteiger partial charge in [-0.05, 0) is 48.9 Å². The minimum atomic E-state index is -2.97. The van der Waals surface area contributed by atoms with Crippen LogP contribution < -0.4 is 14.8 Å². The Morgan fingerprint density at radius 1 is 1.13 bits per heavy atom. The highest BCUT2D eigenvalue weighted by molar-refractivity contribution is 6.01. The van der Waals surface area contributed by atoms with E-state index in [1.54, 1.807) is 54.5 Å². The lowest BCUT2D eigenvalue weighted by atomic mass is 10.0. The summed E-state index contributed by atoms with van der Waals surface area (Å²) < 4.78 is 41.0. The van der Waals surface area contributed by atoms with Gasteiger partial charge < -0.3 is 24.1 Å². The van der Waals surface area contributed by atoms with Gasteiger partial charge in [-0.3, -0.25) is 4.79 Å². The average Bonchev–Trinajstić information content (AvgIpc) is 3.24. The van der Waals surface area contributed by atoms with Crippen LogP contribution in [0.25, 0.3) is 0 Å². The maximum Gasteiger partial charge on any atom is 0.387 e. The summed E-state index contributed by atoms with van der Waals surface area (Å²) >= 11 is 0. The van der Waals surface area contributed by atoms with Crippen molar-refractivity contribution in [3.05, 3.63) is 77.7 Å². The van der Waals surface area contributed by atoms with Crippen LogP contribution in [0.3, 0.4) is 0 Å². The zero-order valence-corrected chi connectivity index (χ0v) is 16.2. The number of nitrogens with zero attached hydrogens (tertiary/aromatic N) is 1. The number of alkyl halides is 2. The van der Waals surface area contributed by atoms with E-state index in [1.165, 1.54) is 6.07 Å². The first-order chi connectivity index (χ1) is 14.6. The van der Waals surface area contributed by atoms with Crippen LogP contribution in [0.4, 0.5) is 14.5 Å². The highest BCUT2D eigenvalue weighted by Gasteiger charge is 2.34. The van der Waals surface area contributed by atoms with Crippen LogP contribution in [0.5, 0.6) is 11.5 Å². The van der Waals surface area contributed by atoms with Gasteiger partial charge >= 0.3 is 6.61 Å². The van der Waals surface area contributed by atoms with Crippen molar-refractivity contribution in [1.82, 2.24) is 4.90 Å². The average molecular weight is 414 g/mol. The Kier molecular flexibility index (Phi) is 5.56. The molecule has 30 heavy (non-hydrogen) atoms. The number of fused-ring (bicyclic) bond motifs is 1. The van der Waals surface area contributed by atoms with Crippen LogP contribution >= 0.6 is 0 Å². The fourth-order valence-electron chi connectivity index (χ4n) is 3.45. The highest BCUT2D eigenvalue weighted by atomic mass is 19.3. The lowest BCUT2D eigenvalue weighted by molar-refractivity contribution is -0.0514. The molecule has 1 aliphatic heterocycles. The van der Waals surface area contributed by atoms with Crippen molar-refractivity contribution >= 4 is 11.6 Å². The van der Waals surface area contributed by atoms with Gasteiger partial charge in [0.2, 0.25) is 0 Å². The number of rotatable bonds is 7. The Hall–Kier alpha value is -3.55. The van der Waals surface area contributed by atoms with Crippen molar-refractivity contribution in [3.8, 4) is 11.5 Å². The molecule has 0 aliphatic carbocycles. The summed E-state index contributed by atoms with van der Waals surface area (Å²) in [4.78, 5) is 14.9. The zero-order chi connectivity index (χ0) is 21.1. The molecule has 1 amide bonds. The van der Waals surface area contributed by atoms with Gasteiger partial charge in [0.1, 0.15) is 11.9 Å². The third-order valence-corrected chi connectivity index (χ3v) is 4.73. The third kappa shape index (κ3) is 3.94. The van der Waals surface area contributed by atoms with Gasteiger partial charge in [-0.1, -0.05) is 18.2 Å². The van der Waals surface area contributed by atoms with E-state index in [0.717, 1.165) is 0 Å². The molecule has 1 atom stereocenters. The molecule has 8 heteroatoms. The van der Waals surface area contributed by atoms with Crippen molar-refractivity contribution < 1.29 is 27.5 Å². The lowest BCUT2D eigenvalue weighted by Crippen LogP contribution is -2.42. The number of amides is 1. The summed E-state index contributed by atoms with van der Waals surface area (Å²) in [6.45, 7) is -0.705. The quantitative estimate of drug-likeness (QED) is 0.586. The van der Waals surface area contributed by atoms with E-state index in [0.29, 0.717) is 22.6 Å². The topological polar surface area (TPSA) is 63.9 Å². The van der Waals surface area contributed by atoms with Crippen molar-refractivity contribution in [2.45, 2.75) is 26.2 Å². The van der Waals surface area contributed by atoms with Gasteiger partial charge in [0.25, 0.3) is 5.91 Å². The molecule has 2 aromatic carbocycles. The fraction of sp³-hybridized carbons (Fsp3) is 0.227. The van der Waals surface area contributed by atoms with Crippen LogP contribution in [0.1, 0.15) is 34.8 Å². The van der Waals surface area contributed by atoms with Gasteiger partial charge in [0, 0.05) is 5.69 Å². The number of carbonyl (C=O) groups is 1. The summed E-state index contributed by atoms with van der Waals surface area (Å²) in [5.41, 5.74) is 1.89. The second kappa shape index (κ2) is 8.44. The molecule has 4 rings (SSSR count). The van der Waals surface area contributed by atoms with Gasteiger partial charge in [-0.2, -0.15) is 8.78 Å². The van der Waals surface area contributed by atoms with Crippen LogP contribution in [-0.2, 0) is 6.54 Å². The molecular weight excluding hydrogens is 394 g/mol. The van der Waals surface area contributed by atoms with Gasteiger partial charge in [-0.15, -0.1) is 0 Å². The number of hydrogen-bond donors (Lipinski definition) is 1. The molecular formula is C22H20F2N2O4. The summed E-state index contributed by atoms with van der Waals surface area (Å²) in [7, 11) is 0. The molecule has 156 valence electrons. The Labute approximate surface area is 172 Å². The van der Waals surface area contributed by atoms with Crippen LogP contribution in [0, 0.1) is 0 Å². The molecule has 1 unspecified atom stereocenters. The minimum absolute atomic E-state index is 0.0595. The molecule has 0 saturated heterocycles. The first-order valence-electron chi connectivity index (χ1n) is 9.47.